The van der Waals surface area contributed by atoms with Crippen LogP contribution >= 0.6 is 24.0 Å². The first kappa shape index (κ1) is 15.9. The van der Waals surface area contributed by atoms with Gasteiger partial charge in [-0.2, -0.15) is 0 Å². The Bertz CT molecular complexity index is 411. The maximum Gasteiger partial charge on any atom is 0.258 e. The molecule has 0 saturated heterocycles. The molecule has 0 saturated carbocycles. The van der Waals surface area contributed by atoms with E-state index in [9.17, 15) is 4.79 Å². The number of hydrogen-bond acceptors (Lipinski definition) is 3. The zero-order valence-electron chi connectivity index (χ0n) is 9.70. The minimum absolute atomic E-state index is 0. The average molecular weight is 279 g/mol. The molecular formula is C11H16Cl2N2O2. The molecule has 0 bridgehead atoms. The van der Waals surface area contributed by atoms with Crippen LogP contribution in [0.4, 0.5) is 5.69 Å². The predicted molar refractivity (Wildman–Crippen MR) is 71.8 cm³/mol. The van der Waals surface area contributed by atoms with Crippen molar-refractivity contribution >= 4 is 35.6 Å². The van der Waals surface area contributed by atoms with Gasteiger partial charge >= 0.3 is 0 Å². The first-order valence-electron chi connectivity index (χ1n) is 4.97. The lowest BCUT2D eigenvalue weighted by Gasteiger charge is -2.17. The number of rotatable bonds is 4. The fourth-order valence-corrected chi connectivity index (χ4v) is 1.44. The Hall–Kier alpha value is -1.13. The highest BCUT2D eigenvalue weighted by Crippen LogP contribution is 2.31. The number of hydrogen-bond donors (Lipinski definition) is 2. The summed E-state index contributed by atoms with van der Waals surface area (Å²) in [6.45, 7) is 3.60. The predicted octanol–water partition coefficient (Wildman–Crippen LogP) is 2.30. The van der Waals surface area contributed by atoms with E-state index in [-0.39, 0.29) is 12.4 Å². The van der Waals surface area contributed by atoms with Crippen LogP contribution < -0.4 is 16.2 Å². The Morgan fingerprint density at radius 3 is 2.59 bits per heavy atom. The van der Waals surface area contributed by atoms with Crippen molar-refractivity contribution in [1.29, 1.82) is 0 Å². The van der Waals surface area contributed by atoms with Gasteiger partial charge in [0.05, 0.1) is 5.69 Å². The van der Waals surface area contributed by atoms with Crippen molar-refractivity contribution in [1.82, 2.24) is 0 Å². The molecule has 4 N–H and O–H groups in total. The molecule has 6 heteroatoms. The highest BCUT2D eigenvalue weighted by atomic mass is 35.5. The van der Waals surface area contributed by atoms with Crippen molar-refractivity contribution in [2.75, 3.05) is 5.73 Å². The van der Waals surface area contributed by atoms with Crippen LogP contribution in [0, 0.1) is 6.92 Å². The molecule has 0 aromatic heterocycles. The number of primary amides is 1. The maximum atomic E-state index is 11.0. The Balaban J connectivity index is 0.00000256. The minimum atomic E-state index is -0.664. The third kappa shape index (κ3) is 3.68. The molecule has 0 aliphatic rings. The van der Waals surface area contributed by atoms with E-state index in [4.69, 9.17) is 27.8 Å². The van der Waals surface area contributed by atoms with Crippen LogP contribution in [0.2, 0.25) is 5.02 Å². The first-order chi connectivity index (χ1) is 7.47. The second kappa shape index (κ2) is 6.57. The summed E-state index contributed by atoms with van der Waals surface area (Å²) in [6, 6.07) is 3.31. The number of amides is 1. The van der Waals surface area contributed by atoms with E-state index in [0.29, 0.717) is 22.9 Å². The van der Waals surface area contributed by atoms with Crippen LogP contribution in [0.25, 0.3) is 0 Å². The van der Waals surface area contributed by atoms with E-state index in [2.05, 4.69) is 0 Å². The van der Waals surface area contributed by atoms with E-state index in [1.165, 1.54) is 0 Å². The molecule has 96 valence electrons. The van der Waals surface area contributed by atoms with Crippen molar-refractivity contribution in [3.8, 4) is 5.75 Å². The number of nitrogens with two attached hydrogens (primary N) is 2. The van der Waals surface area contributed by atoms with Crippen molar-refractivity contribution in [2.24, 2.45) is 5.73 Å². The topological polar surface area (TPSA) is 78.3 Å². The van der Waals surface area contributed by atoms with Gasteiger partial charge in [0, 0.05) is 5.02 Å². The molecule has 0 aliphatic carbocycles. The highest BCUT2D eigenvalue weighted by Gasteiger charge is 2.17. The number of benzene rings is 1. The summed E-state index contributed by atoms with van der Waals surface area (Å²) in [7, 11) is 0. The van der Waals surface area contributed by atoms with Crippen LogP contribution in [0.1, 0.15) is 18.9 Å². The summed E-state index contributed by atoms with van der Waals surface area (Å²) < 4.78 is 5.43. The van der Waals surface area contributed by atoms with E-state index < -0.39 is 12.0 Å². The summed E-state index contributed by atoms with van der Waals surface area (Å²) in [6.07, 6.45) is -0.168. The zero-order chi connectivity index (χ0) is 12.3. The van der Waals surface area contributed by atoms with E-state index in [0.717, 1.165) is 5.56 Å². The molecule has 1 aromatic carbocycles. The van der Waals surface area contributed by atoms with Crippen LogP contribution in [0.3, 0.4) is 0 Å². The summed E-state index contributed by atoms with van der Waals surface area (Å²) in [5.41, 5.74) is 12.2. The summed E-state index contributed by atoms with van der Waals surface area (Å²) in [5.74, 6) is -0.0675. The number of carbonyl (C=O) groups is 1. The molecule has 0 spiro atoms. The fraction of sp³-hybridized carbons (Fsp3) is 0.364. The Kier molecular flexibility index (Phi) is 6.13. The molecule has 0 heterocycles. The molecule has 1 unspecified atom stereocenters. The normalized spacial score (nSPS) is 11.5. The lowest BCUT2D eigenvalue weighted by molar-refractivity contribution is -0.124. The third-order valence-corrected chi connectivity index (χ3v) is 2.78. The molecule has 0 radical (unpaired) electrons. The van der Waals surface area contributed by atoms with Gasteiger partial charge in [0.25, 0.3) is 5.91 Å². The van der Waals surface area contributed by atoms with Crippen LogP contribution in [-0.2, 0) is 4.79 Å². The molecule has 0 aliphatic heterocycles. The second-order valence-corrected chi connectivity index (χ2v) is 3.91. The van der Waals surface area contributed by atoms with E-state index in [1.54, 1.807) is 19.1 Å². The quantitative estimate of drug-likeness (QED) is 0.830. The maximum absolute atomic E-state index is 11.0. The second-order valence-electron chi connectivity index (χ2n) is 3.50. The Morgan fingerprint density at radius 2 is 2.12 bits per heavy atom. The van der Waals surface area contributed by atoms with Crippen molar-refractivity contribution < 1.29 is 9.53 Å². The van der Waals surface area contributed by atoms with E-state index >= 15 is 0 Å². The molecule has 1 atom stereocenters. The SMILES string of the molecule is CCC(Oc1ccc(Cl)c(C)c1N)C(N)=O.Cl. The molecule has 17 heavy (non-hydrogen) atoms. The van der Waals surface area contributed by atoms with Crippen LogP contribution in [0.5, 0.6) is 5.75 Å². The third-order valence-electron chi connectivity index (χ3n) is 2.37. The van der Waals surface area contributed by atoms with Gasteiger partial charge in [-0.25, -0.2) is 0 Å². The summed E-state index contributed by atoms with van der Waals surface area (Å²) >= 11 is 5.89. The molecular weight excluding hydrogens is 263 g/mol. The number of nitrogen functional groups attached to an aromatic ring is 1. The zero-order valence-corrected chi connectivity index (χ0v) is 11.3. The molecule has 0 fully saturated rings. The van der Waals surface area contributed by atoms with E-state index in [1.807, 2.05) is 6.92 Å². The summed E-state index contributed by atoms with van der Waals surface area (Å²) in [4.78, 5) is 11.0. The summed E-state index contributed by atoms with van der Waals surface area (Å²) in [5, 5.41) is 0.567. The van der Waals surface area contributed by atoms with Gasteiger partial charge in [-0.1, -0.05) is 18.5 Å². The molecule has 4 nitrogen and oxygen atoms in total. The largest absolute Gasteiger partial charge is 0.478 e. The standard InChI is InChI=1S/C11H15ClN2O2.ClH/c1-3-8(11(14)15)16-9-5-4-7(12)6(2)10(9)13;/h4-5,8H,3,13H2,1-2H3,(H2,14,15);1H. The Labute approximate surface area is 112 Å². The van der Waals surface area contributed by atoms with Gasteiger partial charge in [0.15, 0.2) is 6.10 Å². The molecule has 1 aromatic rings. The Morgan fingerprint density at radius 1 is 1.53 bits per heavy atom. The first-order valence-corrected chi connectivity index (χ1v) is 5.35. The fourth-order valence-electron chi connectivity index (χ4n) is 1.28. The lowest BCUT2D eigenvalue weighted by atomic mass is 10.2. The van der Waals surface area contributed by atoms with Gasteiger partial charge < -0.3 is 16.2 Å². The number of anilines is 1. The van der Waals surface area contributed by atoms with Crippen molar-refractivity contribution in [3.05, 3.63) is 22.7 Å². The van der Waals surface area contributed by atoms with Gasteiger partial charge in [-0.3, -0.25) is 4.79 Å². The highest BCUT2D eigenvalue weighted by molar-refractivity contribution is 6.31. The van der Waals surface area contributed by atoms with Gasteiger partial charge in [0.2, 0.25) is 0 Å². The monoisotopic (exact) mass is 278 g/mol. The van der Waals surface area contributed by atoms with Gasteiger partial charge in [-0.05, 0) is 31.0 Å². The smallest absolute Gasteiger partial charge is 0.258 e. The van der Waals surface area contributed by atoms with Gasteiger partial charge in [-0.15, -0.1) is 12.4 Å². The van der Waals surface area contributed by atoms with Crippen LogP contribution in [0.15, 0.2) is 12.1 Å². The van der Waals surface area contributed by atoms with Gasteiger partial charge in [0.1, 0.15) is 5.75 Å². The number of halogens is 2. The number of carbonyl (C=O) groups excluding carboxylic acids is 1. The lowest BCUT2D eigenvalue weighted by Crippen LogP contribution is -2.33. The average Bonchev–Trinajstić information content (AvgIpc) is 2.25. The molecule has 1 rings (SSSR count). The minimum Gasteiger partial charge on any atom is -0.478 e. The molecule has 1 amide bonds. The van der Waals surface area contributed by atoms with Crippen molar-refractivity contribution in [3.63, 3.8) is 0 Å². The number of ether oxygens (including phenoxy) is 1. The van der Waals surface area contributed by atoms with Crippen molar-refractivity contribution in [2.45, 2.75) is 26.4 Å². The van der Waals surface area contributed by atoms with Crippen LogP contribution in [-0.4, -0.2) is 12.0 Å².